The van der Waals surface area contributed by atoms with Crippen molar-refractivity contribution in [1.82, 2.24) is 0 Å². The number of halogens is 5. The number of nitrogens with zero attached hydrogens (tertiary/aromatic N) is 1. The molecule has 20 heavy (non-hydrogen) atoms. The van der Waals surface area contributed by atoms with Crippen LogP contribution in [0.25, 0.3) is 0 Å². The van der Waals surface area contributed by atoms with Gasteiger partial charge in [-0.1, -0.05) is 35.9 Å². The average molecular weight is 302 g/mol. The first-order valence-corrected chi connectivity index (χ1v) is 5.91. The smallest absolute Gasteiger partial charge is 0.255 e. The number of rotatable bonds is 2. The minimum atomic E-state index is -4.81. The Morgan fingerprint density at radius 3 is 2.35 bits per heavy atom. The Balaban J connectivity index is 2.45. The normalized spacial score (nSPS) is 12.1. The first-order chi connectivity index (χ1) is 9.39. The molecule has 0 aliphatic rings. The van der Waals surface area contributed by atoms with E-state index in [0.29, 0.717) is 10.6 Å². The highest BCUT2D eigenvalue weighted by Crippen LogP contribution is 2.38. The van der Waals surface area contributed by atoms with Crippen LogP contribution in [0.1, 0.15) is 11.1 Å². The van der Waals surface area contributed by atoms with Gasteiger partial charge in [0, 0.05) is 16.8 Å². The molecule has 0 radical (unpaired) electrons. The fourth-order valence-corrected chi connectivity index (χ4v) is 1.80. The van der Waals surface area contributed by atoms with E-state index in [4.69, 9.17) is 11.6 Å². The second-order valence-electron chi connectivity index (χ2n) is 3.91. The molecule has 0 saturated heterocycles. The lowest BCUT2D eigenvalue weighted by atomic mass is 10.1. The van der Waals surface area contributed by atoms with Crippen molar-refractivity contribution in [1.29, 1.82) is 0 Å². The zero-order valence-electron chi connectivity index (χ0n) is 9.96. The van der Waals surface area contributed by atoms with Crippen molar-refractivity contribution in [3.05, 3.63) is 64.4 Å². The molecule has 0 atom stereocenters. The van der Waals surface area contributed by atoms with E-state index in [-0.39, 0.29) is 0 Å². The number of aliphatic imine (C=N–C) groups is 1. The Hall–Kier alpha value is -1.88. The van der Waals surface area contributed by atoms with E-state index in [1.807, 2.05) is 0 Å². The molecule has 104 valence electrons. The average Bonchev–Trinajstić information content (AvgIpc) is 2.36. The Kier molecular flexibility index (Phi) is 4.09. The van der Waals surface area contributed by atoms with Crippen molar-refractivity contribution < 1.29 is 17.6 Å². The van der Waals surface area contributed by atoms with Gasteiger partial charge in [-0.05, 0) is 18.2 Å². The first kappa shape index (κ1) is 14.5. The van der Waals surface area contributed by atoms with Crippen molar-refractivity contribution in [2.24, 2.45) is 4.99 Å². The number of hydrogen-bond donors (Lipinski definition) is 0. The standard InChI is InChI=1S/C14H8ClF4N/c15-10-5-2-1-4-9(10)8-20-12-7-3-6-11(16)13(12)14(17,18)19/h1-8H/b20-8+. The monoisotopic (exact) mass is 301 g/mol. The molecule has 0 N–H and O–H groups in total. The van der Waals surface area contributed by atoms with Crippen LogP contribution in [-0.2, 0) is 6.18 Å². The molecule has 2 aromatic carbocycles. The second kappa shape index (κ2) is 5.63. The zero-order valence-corrected chi connectivity index (χ0v) is 10.7. The molecule has 0 spiro atoms. The molecule has 0 aliphatic carbocycles. The van der Waals surface area contributed by atoms with Crippen LogP contribution in [0.5, 0.6) is 0 Å². The lowest BCUT2D eigenvalue weighted by Gasteiger charge is -2.10. The predicted molar refractivity (Wildman–Crippen MR) is 70.1 cm³/mol. The van der Waals surface area contributed by atoms with E-state index in [0.717, 1.165) is 12.1 Å². The highest BCUT2D eigenvalue weighted by Gasteiger charge is 2.36. The summed E-state index contributed by atoms with van der Waals surface area (Å²) in [6.45, 7) is 0. The fraction of sp³-hybridized carbons (Fsp3) is 0.0714. The summed E-state index contributed by atoms with van der Waals surface area (Å²) in [5.74, 6) is -1.36. The minimum absolute atomic E-state index is 0.348. The van der Waals surface area contributed by atoms with Gasteiger partial charge in [0.25, 0.3) is 0 Å². The van der Waals surface area contributed by atoms with Crippen LogP contribution in [0.15, 0.2) is 47.5 Å². The van der Waals surface area contributed by atoms with Crippen molar-refractivity contribution in [2.75, 3.05) is 0 Å². The third kappa shape index (κ3) is 3.17. The van der Waals surface area contributed by atoms with E-state index in [1.54, 1.807) is 24.3 Å². The maximum absolute atomic E-state index is 13.3. The molecule has 0 aliphatic heterocycles. The largest absolute Gasteiger partial charge is 0.421 e. The summed E-state index contributed by atoms with van der Waals surface area (Å²) in [6.07, 6.45) is -3.63. The van der Waals surface area contributed by atoms with Gasteiger partial charge >= 0.3 is 6.18 Å². The molecule has 2 rings (SSSR count). The Morgan fingerprint density at radius 2 is 1.70 bits per heavy atom. The topological polar surface area (TPSA) is 12.4 Å². The summed E-state index contributed by atoms with van der Waals surface area (Å²) in [6, 6.07) is 9.55. The summed E-state index contributed by atoms with van der Waals surface area (Å²) in [5.41, 5.74) is -1.42. The van der Waals surface area contributed by atoms with Crippen molar-refractivity contribution in [3.8, 4) is 0 Å². The highest BCUT2D eigenvalue weighted by molar-refractivity contribution is 6.33. The van der Waals surface area contributed by atoms with Gasteiger partial charge in [0.2, 0.25) is 0 Å². The van der Waals surface area contributed by atoms with E-state index in [2.05, 4.69) is 4.99 Å². The van der Waals surface area contributed by atoms with Gasteiger partial charge in [0.15, 0.2) is 0 Å². The maximum atomic E-state index is 13.3. The van der Waals surface area contributed by atoms with Gasteiger partial charge in [-0.2, -0.15) is 13.2 Å². The first-order valence-electron chi connectivity index (χ1n) is 5.54. The predicted octanol–water partition coefficient (Wildman–Crippen LogP) is 5.25. The van der Waals surface area contributed by atoms with E-state index in [1.165, 1.54) is 12.3 Å². The summed E-state index contributed by atoms with van der Waals surface area (Å²) in [4.78, 5) is 3.70. The van der Waals surface area contributed by atoms with Gasteiger partial charge < -0.3 is 0 Å². The number of alkyl halides is 3. The van der Waals surface area contributed by atoms with Gasteiger partial charge in [-0.25, -0.2) is 4.39 Å². The molecule has 1 nitrogen and oxygen atoms in total. The molecular formula is C14H8ClF4N. The maximum Gasteiger partial charge on any atom is 0.421 e. The SMILES string of the molecule is Fc1cccc(/N=C/c2ccccc2Cl)c1C(F)(F)F. The highest BCUT2D eigenvalue weighted by atomic mass is 35.5. The lowest BCUT2D eigenvalue weighted by Crippen LogP contribution is -2.08. The second-order valence-corrected chi connectivity index (χ2v) is 4.32. The molecule has 0 bridgehead atoms. The molecule has 2 aromatic rings. The fourth-order valence-electron chi connectivity index (χ4n) is 1.62. The molecule has 0 fully saturated rings. The van der Waals surface area contributed by atoms with Crippen LogP contribution in [0.2, 0.25) is 5.02 Å². The molecule has 0 heterocycles. The minimum Gasteiger partial charge on any atom is -0.255 e. The molecule has 0 amide bonds. The molecule has 6 heteroatoms. The van der Waals surface area contributed by atoms with E-state index >= 15 is 0 Å². The lowest BCUT2D eigenvalue weighted by molar-refractivity contribution is -0.139. The number of benzene rings is 2. The third-order valence-electron chi connectivity index (χ3n) is 2.52. The van der Waals surface area contributed by atoms with Crippen LogP contribution >= 0.6 is 11.6 Å². The van der Waals surface area contributed by atoms with Crippen molar-refractivity contribution in [2.45, 2.75) is 6.18 Å². The van der Waals surface area contributed by atoms with Crippen LogP contribution in [0.4, 0.5) is 23.2 Å². The van der Waals surface area contributed by atoms with E-state index in [9.17, 15) is 17.6 Å². The van der Waals surface area contributed by atoms with Gasteiger partial charge in [0.1, 0.15) is 11.4 Å². The van der Waals surface area contributed by atoms with Crippen LogP contribution in [0, 0.1) is 5.82 Å². The molecule has 0 unspecified atom stereocenters. The summed E-state index contributed by atoms with van der Waals surface area (Å²) in [7, 11) is 0. The van der Waals surface area contributed by atoms with Crippen molar-refractivity contribution >= 4 is 23.5 Å². The van der Waals surface area contributed by atoms with Crippen LogP contribution < -0.4 is 0 Å². The number of hydrogen-bond acceptors (Lipinski definition) is 1. The van der Waals surface area contributed by atoms with Crippen LogP contribution in [-0.4, -0.2) is 6.21 Å². The summed E-state index contributed by atoms with van der Waals surface area (Å²) >= 11 is 5.86. The Labute approximate surface area is 117 Å². The van der Waals surface area contributed by atoms with Crippen LogP contribution in [0.3, 0.4) is 0 Å². The molecule has 0 saturated carbocycles. The third-order valence-corrected chi connectivity index (χ3v) is 2.87. The van der Waals surface area contributed by atoms with Gasteiger partial charge in [0.05, 0.1) is 5.69 Å². The Bertz CT molecular complexity index is 650. The van der Waals surface area contributed by atoms with Gasteiger partial charge in [-0.3, -0.25) is 4.99 Å². The summed E-state index contributed by atoms with van der Waals surface area (Å²) < 4.78 is 51.7. The summed E-state index contributed by atoms with van der Waals surface area (Å²) in [5, 5.41) is 0.348. The van der Waals surface area contributed by atoms with Crippen molar-refractivity contribution in [3.63, 3.8) is 0 Å². The molecule has 0 aromatic heterocycles. The molecular weight excluding hydrogens is 294 g/mol. The van der Waals surface area contributed by atoms with Gasteiger partial charge in [-0.15, -0.1) is 0 Å². The zero-order chi connectivity index (χ0) is 14.8. The van der Waals surface area contributed by atoms with E-state index < -0.39 is 23.2 Å². The quantitative estimate of drug-likeness (QED) is 0.531. The Morgan fingerprint density at radius 1 is 1.00 bits per heavy atom.